The van der Waals surface area contributed by atoms with E-state index >= 15 is 0 Å². The highest BCUT2D eigenvalue weighted by atomic mass is 16.1. The number of nitrogens with two attached hydrogens (primary N) is 1. The Labute approximate surface area is 125 Å². The van der Waals surface area contributed by atoms with E-state index in [2.05, 4.69) is 36.1 Å². The van der Waals surface area contributed by atoms with Gasteiger partial charge in [-0.1, -0.05) is 26.7 Å². The van der Waals surface area contributed by atoms with Crippen LogP contribution in [0.4, 0.5) is 11.6 Å². The molecule has 1 unspecified atom stereocenters. The Hall–Kier alpha value is -2.04. The molecule has 5 nitrogen and oxygen atoms in total. The Morgan fingerprint density at radius 1 is 1.29 bits per heavy atom. The number of hydrogen-bond acceptors (Lipinski definition) is 4. The minimum atomic E-state index is -0.163. The van der Waals surface area contributed by atoms with Crippen molar-refractivity contribution >= 4 is 22.5 Å². The van der Waals surface area contributed by atoms with Crippen LogP contribution in [0.25, 0.3) is 10.9 Å². The monoisotopic (exact) mass is 288 g/mol. The molecular weight excluding hydrogens is 264 g/mol. The summed E-state index contributed by atoms with van der Waals surface area (Å²) in [4.78, 5) is 19.3. The molecule has 1 heterocycles. The Morgan fingerprint density at radius 3 is 2.76 bits per heavy atom. The number of hydrogen-bond donors (Lipinski definition) is 3. The summed E-state index contributed by atoms with van der Waals surface area (Å²) in [7, 11) is 0. The predicted molar refractivity (Wildman–Crippen MR) is 88.5 cm³/mol. The van der Waals surface area contributed by atoms with Crippen molar-refractivity contribution in [2.45, 2.75) is 46.1 Å². The highest BCUT2D eigenvalue weighted by Crippen LogP contribution is 2.14. The number of benzene rings is 1. The van der Waals surface area contributed by atoms with Gasteiger partial charge in [0.05, 0.1) is 10.9 Å². The molecule has 0 fully saturated rings. The van der Waals surface area contributed by atoms with Crippen LogP contribution in [0.1, 0.15) is 40.0 Å². The summed E-state index contributed by atoms with van der Waals surface area (Å²) < 4.78 is 0. The molecule has 2 aromatic rings. The van der Waals surface area contributed by atoms with Gasteiger partial charge in [-0.3, -0.25) is 9.78 Å². The number of rotatable bonds is 6. The van der Waals surface area contributed by atoms with Gasteiger partial charge in [0, 0.05) is 11.7 Å². The number of aromatic amines is 1. The molecule has 21 heavy (non-hydrogen) atoms. The maximum Gasteiger partial charge on any atom is 0.260 e. The van der Waals surface area contributed by atoms with Crippen molar-refractivity contribution in [3.8, 4) is 0 Å². The first-order valence-corrected chi connectivity index (χ1v) is 7.52. The van der Waals surface area contributed by atoms with E-state index in [-0.39, 0.29) is 11.6 Å². The van der Waals surface area contributed by atoms with Crippen LogP contribution < -0.4 is 16.6 Å². The molecule has 114 valence electrons. The number of fused-ring (bicyclic) bond motifs is 1. The highest BCUT2D eigenvalue weighted by molar-refractivity contribution is 5.81. The fraction of sp³-hybridized carbons (Fsp3) is 0.500. The zero-order valence-corrected chi connectivity index (χ0v) is 12.9. The van der Waals surface area contributed by atoms with Crippen molar-refractivity contribution in [1.82, 2.24) is 9.97 Å². The molecule has 0 aliphatic heterocycles. The van der Waals surface area contributed by atoms with Crippen LogP contribution in [0, 0.1) is 5.92 Å². The highest BCUT2D eigenvalue weighted by Gasteiger charge is 2.07. The first kappa shape index (κ1) is 15.4. The first-order valence-electron chi connectivity index (χ1n) is 7.52. The van der Waals surface area contributed by atoms with Gasteiger partial charge in [-0.2, -0.15) is 0 Å². The molecule has 0 saturated carbocycles. The lowest BCUT2D eigenvalue weighted by atomic mass is 10.0. The quantitative estimate of drug-likeness (QED) is 0.713. The fourth-order valence-corrected chi connectivity index (χ4v) is 2.36. The third-order valence-corrected chi connectivity index (χ3v) is 3.53. The van der Waals surface area contributed by atoms with Crippen LogP contribution >= 0.6 is 0 Å². The average molecular weight is 288 g/mol. The molecule has 0 spiro atoms. The van der Waals surface area contributed by atoms with Gasteiger partial charge < -0.3 is 11.1 Å². The number of anilines is 2. The summed E-state index contributed by atoms with van der Waals surface area (Å²) in [6.07, 6.45) is 3.44. The largest absolute Gasteiger partial charge is 0.399 e. The molecule has 4 N–H and O–H groups in total. The number of nitrogen functional groups attached to an aromatic ring is 1. The summed E-state index contributed by atoms with van der Waals surface area (Å²) >= 11 is 0. The lowest BCUT2D eigenvalue weighted by Gasteiger charge is -2.15. The Bertz CT molecular complexity index is 663. The summed E-state index contributed by atoms with van der Waals surface area (Å²) in [5.41, 5.74) is 6.76. The second kappa shape index (κ2) is 6.61. The molecule has 1 atom stereocenters. The van der Waals surface area contributed by atoms with Gasteiger partial charge in [-0.15, -0.1) is 0 Å². The van der Waals surface area contributed by atoms with Crippen LogP contribution in [0.3, 0.4) is 0 Å². The van der Waals surface area contributed by atoms with Gasteiger partial charge in [-0.25, -0.2) is 4.98 Å². The predicted octanol–water partition coefficient (Wildman–Crippen LogP) is 3.13. The Kier molecular flexibility index (Phi) is 4.83. The zero-order chi connectivity index (χ0) is 15.4. The van der Waals surface area contributed by atoms with E-state index in [0.29, 0.717) is 22.5 Å². The standard InChI is InChI=1S/C16H24N4O/c1-10(2)5-4-6-11(3)18-16-19-14-8-7-12(17)9-13(14)15(21)20-16/h7-11H,4-6,17H2,1-3H3,(H2,18,19,20,21). The van der Waals surface area contributed by atoms with E-state index in [1.54, 1.807) is 18.2 Å². The molecule has 5 heteroatoms. The summed E-state index contributed by atoms with van der Waals surface area (Å²) in [5, 5.41) is 3.79. The van der Waals surface area contributed by atoms with E-state index in [1.165, 1.54) is 12.8 Å². The maximum absolute atomic E-state index is 12.0. The third-order valence-electron chi connectivity index (χ3n) is 3.53. The number of H-pyrrole nitrogens is 1. The normalized spacial score (nSPS) is 12.8. The second-order valence-corrected chi connectivity index (χ2v) is 6.06. The van der Waals surface area contributed by atoms with E-state index in [9.17, 15) is 4.79 Å². The van der Waals surface area contributed by atoms with Crippen molar-refractivity contribution in [1.29, 1.82) is 0 Å². The molecule has 0 amide bonds. The number of nitrogens with zero attached hydrogens (tertiary/aromatic N) is 1. The number of aromatic nitrogens is 2. The molecule has 0 bridgehead atoms. The van der Waals surface area contributed by atoms with Crippen LogP contribution in [0.15, 0.2) is 23.0 Å². The second-order valence-electron chi connectivity index (χ2n) is 6.06. The lowest BCUT2D eigenvalue weighted by molar-refractivity contribution is 0.519. The van der Waals surface area contributed by atoms with Crippen LogP contribution in [-0.4, -0.2) is 16.0 Å². The molecule has 2 rings (SSSR count). The van der Waals surface area contributed by atoms with Crippen molar-refractivity contribution in [3.63, 3.8) is 0 Å². The van der Waals surface area contributed by atoms with Gasteiger partial charge in [0.1, 0.15) is 0 Å². The van der Waals surface area contributed by atoms with Crippen molar-refractivity contribution in [2.75, 3.05) is 11.1 Å². The van der Waals surface area contributed by atoms with E-state index in [0.717, 1.165) is 12.3 Å². The van der Waals surface area contributed by atoms with Crippen molar-refractivity contribution < 1.29 is 0 Å². The van der Waals surface area contributed by atoms with Gasteiger partial charge in [-0.05, 0) is 37.5 Å². The Morgan fingerprint density at radius 2 is 2.05 bits per heavy atom. The molecule has 1 aromatic carbocycles. The van der Waals surface area contributed by atoms with Crippen LogP contribution in [0.5, 0.6) is 0 Å². The van der Waals surface area contributed by atoms with Crippen molar-refractivity contribution in [3.05, 3.63) is 28.6 Å². The van der Waals surface area contributed by atoms with Crippen LogP contribution in [-0.2, 0) is 0 Å². The summed E-state index contributed by atoms with van der Waals surface area (Å²) in [6, 6.07) is 5.45. The topological polar surface area (TPSA) is 83.8 Å². The minimum absolute atomic E-state index is 0.163. The average Bonchev–Trinajstić information content (AvgIpc) is 2.39. The van der Waals surface area contributed by atoms with Gasteiger partial charge in [0.15, 0.2) is 0 Å². The molecule has 1 aromatic heterocycles. The van der Waals surface area contributed by atoms with Crippen molar-refractivity contribution in [2.24, 2.45) is 5.92 Å². The SMILES string of the molecule is CC(C)CCCC(C)Nc1nc2ccc(N)cc2c(=O)[nH]1. The lowest BCUT2D eigenvalue weighted by Crippen LogP contribution is -2.20. The molecule has 0 radical (unpaired) electrons. The minimum Gasteiger partial charge on any atom is -0.399 e. The smallest absolute Gasteiger partial charge is 0.260 e. The van der Waals surface area contributed by atoms with E-state index in [4.69, 9.17) is 5.73 Å². The summed E-state index contributed by atoms with van der Waals surface area (Å²) in [6.45, 7) is 6.56. The fourth-order valence-electron chi connectivity index (χ4n) is 2.36. The van der Waals surface area contributed by atoms with Gasteiger partial charge >= 0.3 is 0 Å². The summed E-state index contributed by atoms with van der Waals surface area (Å²) in [5.74, 6) is 1.25. The van der Waals surface area contributed by atoms with E-state index < -0.39 is 0 Å². The Balaban J connectivity index is 2.09. The zero-order valence-electron chi connectivity index (χ0n) is 12.9. The maximum atomic E-state index is 12.0. The molecular formula is C16H24N4O. The molecule has 0 saturated heterocycles. The van der Waals surface area contributed by atoms with Gasteiger partial charge in [0.2, 0.25) is 5.95 Å². The molecule has 0 aliphatic carbocycles. The van der Waals surface area contributed by atoms with Gasteiger partial charge in [0.25, 0.3) is 5.56 Å². The first-order chi connectivity index (χ1) is 9.95. The number of nitrogens with one attached hydrogen (secondary N) is 2. The van der Waals surface area contributed by atoms with Crippen LogP contribution in [0.2, 0.25) is 0 Å². The third kappa shape index (κ3) is 4.21. The van der Waals surface area contributed by atoms with E-state index in [1.807, 2.05) is 0 Å². The molecule has 0 aliphatic rings.